The molecule has 3 rings (SSSR count). The lowest BCUT2D eigenvalue weighted by Gasteiger charge is -2.23. The first-order chi connectivity index (χ1) is 10.5. The quantitative estimate of drug-likeness (QED) is 0.896. The maximum absolute atomic E-state index is 12.4. The van der Waals surface area contributed by atoms with Gasteiger partial charge < -0.3 is 10.3 Å². The van der Waals surface area contributed by atoms with E-state index in [1.165, 1.54) is 6.42 Å². The Morgan fingerprint density at radius 3 is 2.59 bits per heavy atom. The van der Waals surface area contributed by atoms with Gasteiger partial charge in [-0.2, -0.15) is 0 Å². The molecular formula is C15H23N5O2. The van der Waals surface area contributed by atoms with Crippen molar-refractivity contribution < 1.29 is 0 Å². The van der Waals surface area contributed by atoms with E-state index in [9.17, 15) is 9.59 Å². The van der Waals surface area contributed by atoms with Crippen molar-refractivity contribution >= 4 is 11.2 Å². The first kappa shape index (κ1) is 15.0. The van der Waals surface area contributed by atoms with Gasteiger partial charge in [-0.1, -0.05) is 19.3 Å². The molecule has 0 aromatic carbocycles. The molecule has 1 saturated carbocycles. The number of hydrogen-bond donors (Lipinski definition) is 2. The molecule has 1 fully saturated rings. The van der Waals surface area contributed by atoms with Crippen molar-refractivity contribution in [3.8, 4) is 0 Å². The molecule has 2 aromatic rings. The summed E-state index contributed by atoms with van der Waals surface area (Å²) in [6.07, 6.45) is 5.31. The van der Waals surface area contributed by atoms with E-state index in [1.54, 1.807) is 4.57 Å². The molecule has 22 heavy (non-hydrogen) atoms. The number of nitrogens with one attached hydrogen (secondary N) is 1. The highest BCUT2D eigenvalue weighted by atomic mass is 16.2. The lowest BCUT2D eigenvalue weighted by Crippen LogP contribution is -2.34. The lowest BCUT2D eigenvalue weighted by atomic mass is 9.95. The summed E-state index contributed by atoms with van der Waals surface area (Å²) in [4.78, 5) is 31.7. The number of aryl methyl sites for hydroxylation is 1. The topological polar surface area (TPSA) is 98.7 Å². The monoisotopic (exact) mass is 305 g/mol. The number of nitrogens with two attached hydrogens (primary N) is 1. The average molecular weight is 305 g/mol. The molecule has 0 bridgehead atoms. The second kappa shape index (κ2) is 5.72. The van der Waals surface area contributed by atoms with Crippen molar-refractivity contribution in [1.29, 1.82) is 0 Å². The van der Waals surface area contributed by atoms with Gasteiger partial charge in [-0.3, -0.25) is 14.3 Å². The van der Waals surface area contributed by atoms with E-state index in [0.717, 1.165) is 25.7 Å². The van der Waals surface area contributed by atoms with Gasteiger partial charge in [0.25, 0.3) is 5.56 Å². The van der Waals surface area contributed by atoms with Crippen LogP contribution in [0.4, 0.5) is 0 Å². The first-order valence-corrected chi connectivity index (χ1v) is 8.05. The maximum atomic E-state index is 12.4. The fourth-order valence-corrected chi connectivity index (χ4v) is 3.51. The van der Waals surface area contributed by atoms with Gasteiger partial charge in [-0.15, -0.1) is 0 Å². The minimum absolute atomic E-state index is 0.113. The largest absolute Gasteiger partial charge is 0.330 e. The minimum atomic E-state index is -0.381. The minimum Gasteiger partial charge on any atom is -0.322 e. The summed E-state index contributed by atoms with van der Waals surface area (Å²) in [5.74, 6) is 0.651. The van der Waals surface area contributed by atoms with Gasteiger partial charge in [0.2, 0.25) is 0 Å². The standard InChI is InChI=1S/C15H23N5O2/c1-3-19-11-13(17-12(19)9(2)16)20(15(22)18-14(11)21)10-7-5-4-6-8-10/h9-10H,3-8,16H2,1-2H3,(H,18,21,22). The number of hydrogen-bond acceptors (Lipinski definition) is 4. The molecule has 0 radical (unpaired) electrons. The summed E-state index contributed by atoms with van der Waals surface area (Å²) in [6.45, 7) is 4.38. The summed E-state index contributed by atoms with van der Waals surface area (Å²) in [5, 5.41) is 0. The third-order valence-electron chi connectivity index (χ3n) is 4.52. The summed E-state index contributed by atoms with van der Waals surface area (Å²) < 4.78 is 3.49. The van der Waals surface area contributed by atoms with Gasteiger partial charge in [0.15, 0.2) is 11.2 Å². The molecule has 2 heterocycles. The predicted molar refractivity (Wildman–Crippen MR) is 85.0 cm³/mol. The van der Waals surface area contributed by atoms with Crippen LogP contribution in [0.3, 0.4) is 0 Å². The number of nitrogens with zero attached hydrogens (tertiary/aromatic N) is 3. The molecule has 1 aliphatic carbocycles. The second-order valence-corrected chi connectivity index (χ2v) is 6.10. The molecule has 0 amide bonds. The summed E-state index contributed by atoms with van der Waals surface area (Å²) in [5.41, 5.74) is 6.19. The Morgan fingerprint density at radius 2 is 2.00 bits per heavy atom. The highest BCUT2D eigenvalue weighted by molar-refractivity contribution is 5.71. The predicted octanol–water partition coefficient (Wildman–Crippen LogP) is 1.43. The van der Waals surface area contributed by atoms with Crippen molar-refractivity contribution in [2.24, 2.45) is 5.73 Å². The van der Waals surface area contributed by atoms with Crippen molar-refractivity contribution in [3.63, 3.8) is 0 Å². The van der Waals surface area contributed by atoms with Crippen LogP contribution in [0.2, 0.25) is 0 Å². The normalized spacial score (nSPS) is 18.0. The fourth-order valence-electron chi connectivity index (χ4n) is 3.51. The van der Waals surface area contributed by atoms with Crippen LogP contribution in [0, 0.1) is 0 Å². The lowest BCUT2D eigenvalue weighted by molar-refractivity contribution is 0.349. The van der Waals surface area contributed by atoms with Crippen LogP contribution in [0.1, 0.15) is 63.9 Å². The number of aromatic nitrogens is 4. The highest BCUT2D eigenvalue weighted by Crippen LogP contribution is 2.29. The second-order valence-electron chi connectivity index (χ2n) is 6.10. The molecule has 7 heteroatoms. The van der Waals surface area contributed by atoms with Crippen LogP contribution >= 0.6 is 0 Å². The van der Waals surface area contributed by atoms with Gasteiger partial charge >= 0.3 is 5.69 Å². The SMILES string of the molecule is CCn1c(C(C)N)nc2c1c(=O)[nH]c(=O)n2C1CCCCC1. The highest BCUT2D eigenvalue weighted by Gasteiger charge is 2.24. The van der Waals surface area contributed by atoms with E-state index in [0.29, 0.717) is 23.5 Å². The Labute approximate surface area is 128 Å². The Balaban J connectivity index is 2.32. The molecule has 120 valence electrons. The molecule has 1 unspecified atom stereocenters. The van der Waals surface area contributed by atoms with Crippen LogP contribution in [-0.2, 0) is 6.54 Å². The van der Waals surface area contributed by atoms with Gasteiger partial charge in [0, 0.05) is 12.6 Å². The number of imidazole rings is 1. The third-order valence-corrected chi connectivity index (χ3v) is 4.52. The molecule has 7 nitrogen and oxygen atoms in total. The molecule has 0 saturated heterocycles. The number of rotatable bonds is 3. The van der Waals surface area contributed by atoms with Crippen LogP contribution in [0.15, 0.2) is 9.59 Å². The van der Waals surface area contributed by atoms with Crippen molar-refractivity contribution in [1.82, 2.24) is 19.1 Å². The van der Waals surface area contributed by atoms with Gasteiger partial charge in [-0.05, 0) is 26.7 Å². The summed E-state index contributed by atoms with van der Waals surface area (Å²) in [6, 6.07) is -0.177. The zero-order valence-corrected chi connectivity index (χ0v) is 13.1. The number of H-pyrrole nitrogens is 1. The number of aromatic amines is 1. The van der Waals surface area contributed by atoms with E-state index in [2.05, 4.69) is 9.97 Å². The third kappa shape index (κ3) is 2.29. The molecular weight excluding hydrogens is 282 g/mol. The van der Waals surface area contributed by atoms with Crippen LogP contribution in [0.5, 0.6) is 0 Å². The Bertz CT molecular complexity index is 793. The Kier molecular flexibility index (Phi) is 3.90. The molecule has 1 aliphatic rings. The van der Waals surface area contributed by atoms with Crippen molar-refractivity contribution in [2.75, 3.05) is 0 Å². The maximum Gasteiger partial charge on any atom is 0.330 e. The molecule has 0 aliphatic heterocycles. The number of fused-ring (bicyclic) bond motifs is 1. The van der Waals surface area contributed by atoms with E-state index < -0.39 is 0 Å². The Hall–Kier alpha value is -1.89. The average Bonchev–Trinajstić information content (AvgIpc) is 2.88. The van der Waals surface area contributed by atoms with Gasteiger partial charge in [-0.25, -0.2) is 9.78 Å². The van der Waals surface area contributed by atoms with E-state index in [4.69, 9.17) is 5.73 Å². The molecule has 1 atom stereocenters. The Morgan fingerprint density at radius 1 is 1.32 bits per heavy atom. The van der Waals surface area contributed by atoms with Crippen molar-refractivity contribution in [2.45, 2.75) is 64.6 Å². The fraction of sp³-hybridized carbons (Fsp3) is 0.667. The zero-order valence-electron chi connectivity index (χ0n) is 13.1. The van der Waals surface area contributed by atoms with E-state index in [-0.39, 0.29) is 23.3 Å². The summed E-state index contributed by atoms with van der Waals surface area (Å²) in [7, 11) is 0. The first-order valence-electron chi connectivity index (χ1n) is 8.05. The van der Waals surface area contributed by atoms with Crippen LogP contribution in [-0.4, -0.2) is 19.1 Å². The molecule has 2 aromatic heterocycles. The molecule has 3 N–H and O–H groups in total. The van der Waals surface area contributed by atoms with Crippen molar-refractivity contribution in [3.05, 3.63) is 26.7 Å². The summed E-state index contributed by atoms with van der Waals surface area (Å²) >= 11 is 0. The van der Waals surface area contributed by atoms with Crippen LogP contribution in [0.25, 0.3) is 11.2 Å². The van der Waals surface area contributed by atoms with Crippen LogP contribution < -0.4 is 17.0 Å². The van der Waals surface area contributed by atoms with E-state index >= 15 is 0 Å². The smallest absolute Gasteiger partial charge is 0.322 e. The molecule has 0 spiro atoms. The van der Waals surface area contributed by atoms with Gasteiger partial charge in [0.05, 0.1) is 6.04 Å². The zero-order chi connectivity index (χ0) is 15.9. The van der Waals surface area contributed by atoms with E-state index in [1.807, 2.05) is 18.4 Å². The van der Waals surface area contributed by atoms with Gasteiger partial charge in [0.1, 0.15) is 5.82 Å².